The zero-order chi connectivity index (χ0) is 17.4. The predicted octanol–water partition coefficient (Wildman–Crippen LogP) is 5.13. The Morgan fingerprint density at radius 2 is 2.04 bits per heavy atom. The number of hydrogen-bond donors (Lipinski definition) is 1. The van der Waals surface area contributed by atoms with Gasteiger partial charge in [0.15, 0.2) is 5.76 Å². The first-order chi connectivity index (χ1) is 11.6. The van der Waals surface area contributed by atoms with E-state index in [1.807, 2.05) is 19.1 Å². The minimum Gasteiger partial charge on any atom is -0.484 e. The summed E-state index contributed by atoms with van der Waals surface area (Å²) in [5, 5.41) is 3.43. The molecule has 0 unspecified atom stereocenters. The van der Waals surface area contributed by atoms with Crippen molar-refractivity contribution in [2.24, 2.45) is 0 Å². The lowest BCUT2D eigenvalue weighted by Gasteiger charge is -2.09. The summed E-state index contributed by atoms with van der Waals surface area (Å²) in [6.45, 7) is 4.99. The van der Waals surface area contributed by atoms with Crippen LogP contribution in [0.1, 0.15) is 54.5 Å². The van der Waals surface area contributed by atoms with Crippen LogP contribution in [-0.4, -0.2) is 12.5 Å². The number of carbonyl (C=O) groups is 1. The van der Waals surface area contributed by atoms with Crippen LogP contribution in [-0.2, 0) is 6.61 Å². The number of furan rings is 1. The molecule has 0 saturated heterocycles. The molecule has 0 aliphatic carbocycles. The number of amides is 1. The molecule has 1 heterocycles. The van der Waals surface area contributed by atoms with Gasteiger partial charge in [-0.25, -0.2) is 0 Å². The fourth-order valence-corrected chi connectivity index (χ4v) is 2.64. The molecule has 1 aromatic carbocycles. The van der Waals surface area contributed by atoms with Gasteiger partial charge in [-0.1, -0.05) is 49.9 Å². The second-order valence-corrected chi connectivity index (χ2v) is 6.16. The summed E-state index contributed by atoms with van der Waals surface area (Å²) < 4.78 is 11.3. The van der Waals surface area contributed by atoms with Crippen LogP contribution in [0.15, 0.2) is 34.7 Å². The monoisotopic (exact) mass is 349 g/mol. The third-order valence-corrected chi connectivity index (χ3v) is 4.02. The van der Waals surface area contributed by atoms with Crippen LogP contribution in [0, 0.1) is 6.92 Å². The first-order valence-electron chi connectivity index (χ1n) is 8.36. The van der Waals surface area contributed by atoms with Crippen LogP contribution in [0.2, 0.25) is 5.02 Å². The molecule has 0 fully saturated rings. The summed E-state index contributed by atoms with van der Waals surface area (Å²) in [5.74, 6) is 1.34. The Hall–Kier alpha value is -1.94. The molecule has 1 N–H and O–H groups in total. The maximum atomic E-state index is 12.0. The van der Waals surface area contributed by atoms with Gasteiger partial charge in [0.1, 0.15) is 18.1 Å². The Bertz CT molecular complexity index is 646. The van der Waals surface area contributed by atoms with E-state index in [-0.39, 0.29) is 12.5 Å². The molecule has 2 aromatic rings. The molecule has 4 nitrogen and oxygen atoms in total. The highest BCUT2D eigenvalue weighted by molar-refractivity contribution is 6.32. The van der Waals surface area contributed by atoms with Crippen molar-refractivity contribution in [2.75, 3.05) is 6.54 Å². The van der Waals surface area contributed by atoms with Crippen LogP contribution in [0.25, 0.3) is 0 Å². The molecule has 1 aromatic heterocycles. The number of para-hydroxylation sites is 1. The number of halogens is 1. The van der Waals surface area contributed by atoms with Gasteiger partial charge in [0.25, 0.3) is 5.91 Å². The SMILES string of the molecule is CCCCCCNC(=O)c1ccc(COc2c(C)cccc2Cl)o1. The van der Waals surface area contributed by atoms with Crippen molar-refractivity contribution in [1.29, 1.82) is 0 Å². The Labute approximate surface area is 148 Å². The molecule has 2 rings (SSSR count). The van der Waals surface area contributed by atoms with E-state index in [9.17, 15) is 4.79 Å². The maximum Gasteiger partial charge on any atom is 0.286 e. The van der Waals surface area contributed by atoms with Crippen molar-refractivity contribution in [3.63, 3.8) is 0 Å². The van der Waals surface area contributed by atoms with Gasteiger partial charge in [-0.3, -0.25) is 4.79 Å². The molecular weight excluding hydrogens is 326 g/mol. The molecule has 0 radical (unpaired) electrons. The number of carbonyl (C=O) groups excluding carboxylic acids is 1. The van der Waals surface area contributed by atoms with Crippen molar-refractivity contribution < 1.29 is 13.9 Å². The standard InChI is InChI=1S/C19H24ClNO3/c1-3-4-5-6-12-21-19(22)17-11-10-15(24-17)13-23-18-14(2)8-7-9-16(18)20/h7-11H,3-6,12-13H2,1-2H3,(H,21,22). The fourth-order valence-electron chi connectivity index (χ4n) is 2.36. The zero-order valence-corrected chi connectivity index (χ0v) is 15.0. The van der Waals surface area contributed by atoms with Crippen molar-refractivity contribution in [2.45, 2.75) is 46.1 Å². The topological polar surface area (TPSA) is 51.5 Å². The minimum atomic E-state index is -0.188. The average Bonchev–Trinajstić information content (AvgIpc) is 3.03. The van der Waals surface area contributed by atoms with Gasteiger partial charge in [-0.15, -0.1) is 0 Å². The largest absolute Gasteiger partial charge is 0.484 e. The van der Waals surface area contributed by atoms with E-state index in [2.05, 4.69) is 12.2 Å². The molecule has 0 spiro atoms. The predicted molar refractivity (Wildman–Crippen MR) is 95.7 cm³/mol. The van der Waals surface area contributed by atoms with E-state index in [1.54, 1.807) is 18.2 Å². The highest BCUT2D eigenvalue weighted by atomic mass is 35.5. The van der Waals surface area contributed by atoms with E-state index in [0.717, 1.165) is 18.4 Å². The highest BCUT2D eigenvalue weighted by Crippen LogP contribution is 2.28. The summed E-state index contributed by atoms with van der Waals surface area (Å²) in [6.07, 6.45) is 4.49. The van der Waals surface area contributed by atoms with E-state index in [0.29, 0.717) is 28.8 Å². The number of benzene rings is 1. The molecule has 0 atom stereocenters. The van der Waals surface area contributed by atoms with Crippen LogP contribution < -0.4 is 10.1 Å². The Morgan fingerprint density at radius 3 is 2.79 bits per heavy atom. The molecule has 0 bridgehead atoms. The molecule has 1 amide bonds. The van der Waals surface area contributed by atoms with Gasteiger partial charge in [0.2, 0.25) is 0 Å². The van der Waals surface area contributed by atoms with Crippen molar-refractivity contribution in [3.8, 4) is 5.75 Å². The molecule has 0 saturated carbocycles. The van der Waals surface area contributed by atoms with Gasteiger partial charge in [0, 0.05) is 6.54 Å². The Balaban J connectivity index is 1.83. The van der Waals surface area contributed by atoms with Crippen LogP contribution in [0.3, 0.4) is 0 Å². The molecule has 0 aliphatic heterocycles. The second kappa shape index (κ2) is 9.38. The number of unbranched alkanes of at least 4 members (excludes halogenated alkanes) is 3. The van der Waals surface area contributed by atoms with Gasteiger partial charge >= 0.3 is 0 Å². The van der Waals surface area contributed by atoms with Crippen molar-refractivity contribution in [3.05, 3.63) is 52.4 Å². The van der Waals surface area contributed by atoms with Gasteiger partial charge in [0.05, 0.1) is 5.02 Å². The third-order valence-electron chi connectivity index (χ3n) is 3.72. The summed E-state index contributed by atoms with van der Waals surface area (Å²) in [6, 6.07) is 9.00. The smallest absolute Gasteiger partial charge is 0.286 e. The Morgan fingerprint density at radius 1 is 1.21 bits per heavy atom. The number of aryl methyl sites for hydroxylation is 1. The quantitative estimate of drug-likeness (QED) is 0.638. The molecular formula is C19H24ClNO3. The van der Waals surface area contributed by atoms with E-state index in [1.165, 1.54) is 12.8 Å². The zero-order valence-electron chi connectivity index (χ0n) is 14.2. The lowest BCUT2D eigenvalue weighted by Crippen LogP contribution is -2.23. The van der Waals surface area contributed by atoms with Gasteiger partial charge in [-0.05, 0) is 37.1 Å². The molecule has 0 aliphatic rings. The average molecular weight is 350 g/mol. The first kappa shape index (κ1) is 18.4. The van der Waals surface area contributed by atoms with Crippen molar-refractivity contribution in [1.82, 2.24) is 5.32 Å². The van der Waals surface area contributed by atoms with Crippen molar-refractivity contribution >= 4 is 17.5 Å². The van der Waals surface area contributed by atoms with Crippen LogP contribution in [0.4, 0.5) is 0 Å². The summed E-state index contributed by atoms with van der Waals surface area (Å²) in [7, 11) is 0. The maximum absolute atomic E-state index is 12.0. The van der Waals surface area contributed by atoms with E-state index >= 15 is 0 Å². The summed E-state index contributed by atoms with van der Waals surface area (Å²) >= 11 is 6.13. The highest BCUT2D eigenvalue weighted by Gasteiger charge is 2.12. The lowest BCUT2D eigenvalue weighted by atomic mass is 10.2. The molecule has 130 valence electrons. The van der Waals surface area contributed by atoms with E-state index in [4.69, 9.17) is 20.8 Å². The Kier molecular flexibility index (Phi) is 7.19. The van der Waals surface area contributed by atoms with E-state index < -0.39 is 0 Å². The van der Waals surface area contributed by atoms with Crippen LogP contribution >= 0.6 is 11.6 Å². The van der Waals surface area contributed by atoms with Crippen LogP contribution in [0.5, 0.6) is 5.75 Å². The summed E-state index contributed by atoms with van der Waals surface area (Å²) in [4.78, 5) is 12.0. The first-order valence-corrected chi connectivity index (χ1v) is 8.74. The second-order valence-electron chi connectivity index (χ2n) is 5.76. The number of nitrogens with one attached hydrogen (secondary N) is 1. The third kappa shape index (κ3) is 5.31. The number of hydrogen-bond acceptors (Lipinski definition) is 3. The van der Waals surface area contributed by atoms with Gasteiger partial charge < -0.3 is 14.5 Å². The number of ether oxygens (including phenoxy) is 1. The minimum absolute atomic E-state index is 0.188. The molecule has 24 heavy (non-hydrogen) atoms. The lowest BCUT2D eigenvalue weighted by molar-refractivity contribution is 0.0921. The number of rotatable bonds is 9. The van der Waals surface area contributed by atoms with Gasteiger partial charge in [-0.2, -0.15) is 0 Å². The normalized spacial score (nSPS) is 10.6. The summed E-state index contributed by atoms with van der Waals surface area (Å²) in [5.41, 5.74) is 0.958. The fraction of sp³-hybridized carbons (Fsp3) is 0.421. The molecule has 5 heteroatoms.